The van der Waals surface area contributed by atoms with Gasteiger partial charge in [-0.3, -0.25) is 4.79 Å². The third-order valence-electron chi connectivity index (χ3n) is 5.56. The molecule has 2 aliphatic rings. The van der Waals surface area contributed by atoms with Crippen molar-refractivity contribution in [3.63, 3.8) is 0 Å². The van der Waals surface area contributed by atoms with E-state index in [4.69, 9.17) is 11.6 Å². The molecule has 162 valence electrons. The van der Waals surface area contributed by atoms with Gasteiger partial charge in [-0.1, -0.05) is 39.7 Å². The number of nitrogens with one attached hydrogen (secondary N) is 1. The molecule has 0 unspecified atom stereocenters. The van der Waals surface area contributed by atoms with Crippen LogP contribution in [0.4, 0.5) is 19.0 Å². The van der Waals surface area contributed by atoms with Crippen molar-refractivity contribution in [1.82, 2.24) is 19.6 Å². The Morgan fingerprint density at radius 3 is 2.43 bits per heavy atom. The molecule has 6 nitrogen and oxygen atoms in total. The largest absolute Gasteiger partial charge is 0.410 e. The van der Waals surface area contributed by atoms with E-state index in [2.05, 4.69) is 31.2 Å². The number of anilines is 1. The van der Waals surface area contributed by atoms with Crippen LogP contribution in [-0.4, -0.2) is 64.9 Å². The molecule has 2 atom stereocenters. The normalized spacial score (nSPS) is 22.5. The van der Waals surface area contributed by atoms with E-state index >= 15 is 0 Å². The van der Waals surface area contributed by atoms with Crippen molar-refractivity contribution in [1.29, 1.82) is 0 Å². The van der Waals surface area contributed by atoms with Gasteiger partial charge in [0.05, 0.1) is 6.04 Å². The number of aromatic nitrogens is 2. The second-order valence-corrected chi connectivity index (χ2v) is 8.89. The molecular formula is C19H20BrClF3N5O. The summed E-state index contributed by atoms with van der Waals surface area (Å²) in [4.78, 5) is 16.6. The first-order valence-electron chi connectivity index (χ1n) is 9.49. The molecule has 2 aromatic rings. The van der Waals surface area contributed by atoms with E-state index in [9.17, 15) is 18.0 Å². The number of hydrogen-bond donors (Lipinski definition) is 1. The van der Waals surface area contributed by atoms with E-state index < -0.39 is 24.2 Å². The summed E-state index contributed by atoms with van der Waals surface area (Å²) in [5.41, 5.74) is 0.553. The molecule has 1 aromatic carbocycles. The summed E-state index contributed by atoms with van der Waals surface area (Å²) in [6.45, 7) is 2.33. The lowest BCUT2D eigenvalue weighted by atomic mass is 9.97. The maximum atomic E-state index is 13.9. The third-order valence-corrected chi connectivity index (χ3v) is 6.45. The molecular weight excluding hydrogens is 487 g/mol. The Kier molecular flexibility index (Phi) is 5.75. The topological polar surface area (TPSA) is 53.4 Å². The van der Waals surface area contributed by atoms with Gasteiger partial charge in [-0.15, -0.1) is 0 Å². The van der Waals surface area contributed by atoms with Gasteiger partial charge in [0.2, 0.25) is 0 Å². The van der Waals surface area contributed by atoms with E-state index in [0.29, 0.717) is 31.7 Å². The minimum atomic E-state index is -4.53. The lowest BCUT2D eigenvalue weighted by Gasteiger charge is -2.33. The monoisotopic (exact) mass is 505 g/mol. The van der Waals surface area contributed by atoms with Gasteiger partial charge in [0.15, 0.2) is 11.7 Å². The molecule has 0 bridgehead atoms. The van der Waals surface area contributed by atoms with Crippen molar-refractivity contribution in [2.45, 2.75) is 24.7 Å². The first-order chi connectivity index (χ1) is 14.1. The molecule has 0 radical (unpaired) electrons. The average Bonchev–Trinajstić information content (AvgIpc) is 3.04. The van der Waals surface area contributed by atoms with Gasteiger partial charge in [-0.2, -0.15) is 18.3 Å². The number of rotatable bonds is 2. The van der Waals surface area contributed by atoms with Crippen LogP contribution in [-0.2, 0) is 0 Å². The standard InChI is InChI=1S/C19H20BrClF3N5O/c1-27-6-8-28(9-7-27)18(30)16-15(21)17-25-13(11-2-4-12(20)5-3-11)10-14(19(22,23)24)29(17)26-16/h2-5,13-14,25H,6-10H2,1H3/t13-,14+/m1/s1. The number of piperazine rings is 1. The summed E-state index contributed by atoms with van der Waals surface area (Å²) in [6, 6.07) is 4.56. The van der Waals surface area contributed by atoms with Crippen LogP contribution < -0.4 is 5.32 Å². The van der Waals surface area contributed by atoms with Crippen LogP contribution in [0.15, 0.2) is 28.7 Å². The number of amides is 1. The van der Waals surface area contributed by atoms with Crippen molar-refractivity contribution in [3.8, 4) is 0 Å². The van der Waals surface area contributed by atoms with Gasteiger partial charge in [-0.25, -0.2) is 4.68 Å². The van der Waals surface area contributed by atoms with Crippen LogP contribution in [0.3, 0.4) is 0 Å². The van der Waals surface area contributed by atoms with Crippen LogP contribution in [0, 0.1) is 0 Å². The number of likely N-dealkylation sites (N-methyl/N-ethyl adjacent to an activating group) is 1. The molecule has 4 rings (SSSR count). The van der Waals surface area contributed by atoms with E-state index in [1.54, 1.807) is 29.2 Å². The second kappa shape index (κ2) is 8.05. The van der Waals surface area contributed by atoms with Gasteiger partial charge < -0.3 is 15.1 Å². The maximum Gasteiger partial charge on any atom is 0.410 e. The molecule has 1 amide bonds. The van der Waals surface area contributed by atoms with Crippen LogP contribution in [0.1, 0.15) is 34.6 Å². The van der Waals surface area contributed by atoms with Crippen molar-refractivity contribution >= 4 is 39.3 Å². The minimum Gasteiger partial charge on any atom is -0.362 e. The molecule has 30 heavy (non-hydrogen) atoms. The Labute approximate surface area is 185 Å². The van der Waals surface area contributed by atoms with Crippen LogP contribution in [0.5, 0.6) is 0 Å². The number of benzene rings is 1. The summed E-state index contributed by atoms with van der Waals surface area (Å²) in [5.74, 6) is -0.423. The van der Waals surface area contributed by atoms with E-state index in [1.807, 2.05) is 7.05 Å². The number of carbonyl (C=O) groups is 1. The molecule has 1 aromatic heterocycles. The van der Waals surface area contributed by atoms with E-state index in [1.165, 1.54) is 0 Å². The molecule has 0 aliphatic carbocycles. The van der Waals surface area contributed by atoms with Gasteiger partial charge >= 0.3 is 6.18 Å². The fraction of sp³-hybridized carbons (Fsp3) is 0.474. The highest BCUT2D eigenvalue weighted by Gasteiger charge is 2.48. The maximum absolute atomic E-state index is 13.9. The molecule has 0 saturated carbocycles. The Balaban J connectivity index is 1.69. The SMILES string of the molecule is CN1CCN(C(=O)c2nn3c(c2Cl)N[C@@H](c2ccc(Br)cc2)C[C@H]3C(F)(F)F)CC1. The summed E-state index contributed by atoms with van der Waals surface area (Å²) in [7, 11) is 1.95. The number of alkyl halides is 3. The Morgan fingerprint density at radius 1 is 1.20 bits per heavy atom. The quantitative estimate of drug-likeness (QED) is 0.658. The summed E-state index contributed by atoms with van der Waals surface area (Å²) in [5, 5.41) is 7.01. The molecule has 1 fully saturated rings. The Bertz CT molecular complexity index is 941. The number of carbonyl (C=O) groups excluding carboxylic acids is 1. The van der Waals surface area contributed by atoms with Crippen LogP contribution in [0.25, 0.3) is 0 Å². The summed E-state index contributed by atoms with van der Waals surface area (Å²) < 4.78 is 43.3. The number of halogens is 5. The van der Waals surface area contributed by atoms with Crippen molar-refractivity contribution in [2.24, 2.45) is 0 Å². The molecule has 11 heteroatoms. The van der Waals surface area contributed by atoms with Gasteiger partial charge in [0.25, 0.3) is 5.91 Å². The highest BCUT2D eigenvalue weighted by atomic mass is 79.9. The lowest BCUT2D eigenvalue weighted by Crippen LogP contribution is -2.47. The molecule has 1 saturated heterocycles. The van der Waals surface area contributed by atoms with Crippen molar-refractivity contribution in [2.75, 3.05) is 38.5 Å². The number of hydrogen-bond acceptors (Lipinski definition) is 4. The first kappa shape index (κ1) is 21.5. The molecule has 3 heterocycles. The van der Waals surface area contributed by atoms with E-state index in [0.717, 1.165) is 9.15 Å². The first-order valence-corrected chi connectivity index (χ1v) is 10.7. The average molecular weight is 507 g/mol. The third kappa shape index (κ3) is 4.04. The highest BCUT2D eigenvalue weighted by molar-refractivity contribution is 9.10. The fourth-order valence-corrected chi connectivity index (χ4v) is 4.32. The van der Waals surface area contributed by atoms with Crippen molar-refractivity contribution in [3.05, 3.63) is 45.0 Å². The van der Waals surface area contributed by atoms with Gasteiger partial charge in [0.1, 0.15) is 10.8 Å². The predicted octanol–water partition coefficient (Wildman–Crippen LogP) is 4.35. The lowest BCUT2D eigenvalue weighted by molar-refractivity contribution is -0.173. The summed E-state index contributed by atoms with van der Waals surface area (Å²) in [6.07, 6.45) is -4.79. The Hall–Kier alpha value is -1.78. The molecule has 0 spiro atoms. The second-order valence-electron chi connectivity index (χ2n) is 7.59. The van der Waals surface area contributed by atoms with Crippen LogP contribution in [0.2, 0.25) is 5.02 Å². The van der Waals surface area contributed by atoms with E-state index in [-0.39, 0.29) is 23.0 Å². The number of nitrogens with zero attached hydrogens (tertiary/aromatic N) is 4. The smallest absolute Gasteiger partial charge is 0.362 e. The zero-order valence-electron chi connectivity index (χ0n) is 16.1. The van der Waals surface area contributed by atoms with Gasteiger partial charge in [0, 0.05) is 37.1 Å². The zero-order chi connectivity index (χ0) is 21.6. The predicted molar refractivity (Wildman–Crippen MR) is 111 cm³/mol. The summed E-state index contributed by atoms with van der Waals surface area (Å²) >= 11 is 9.73. The van der Waals surface area contributed by atoms with Gasteiger partial charge in [-0.05, 0) is 24.7 Å². The molecule has 2 aliphatic heterocycles. The molecule has 1 N–H and O–H groups in total. The Morgan fingerprint density at radius 2 is 1.83 bits per heavy atom. The minimum absolute atomic E-state index is 0.0237. The van der Waals surface area contributed by atoms with Crippen molar-refractivity contribution < 1.29 is 18.0 Å². The number of fused-ring (bicyclic) bond motifs is 1. The van der Waals surface area contributed by atoms with Crippen LogP contribution >= 0.6 is 27.5 Å². The highest BCUT2D eigenvalue weighted by Crippen LogP contribution is 2.46. The zero-order valence-corrected chi connectivity index (χ0v) is 18.4. The fourth-order valence-electron chi connectivity index (χ4n) is 3.80.